The van der Waals surface area contributed by atoms with Crippen LogP contribution in [0.25, 0.3) is 264 Å². The Morgan fingerprint density at radius 2 is 0.367 bits per heavy atom. The largest absolute Gasteiger partial charge is 0.309 e. The van der Waals surface area contributed by atoms with E-state index in [1.54, 1.807) is 0 Å². The number of fused-ring (bicyclic) bond motifs is 22. The van der Waals surface area contributed by atoms with Gasteiger partial charge in [-0.1, -0.05) is 315 Å². The predicted octanol–water partition coefficient (Wildman–Crippen LogP) is 33.7. The molecule has 4 heterocycles. The van der Waals surface area contributed by atoms with Crippen molar-refractivity contribution in [3.8, 4) is 134 Å². The van der Waals surface area contributed by atoms with E-state index in [1.165, 1.54) is 242 Å². The molecule has 0 unspecified atom stereocenters. The molecule has 0 fully saturated rings. The number of para-hydroxylation sites is 4. The first-order valence-corrected chi connectivity index (χ1v) is 44.3. The predicted molar refractivity (Wildman–Crippen MR) is 542 cm³/mol. The molecule has 0 N–H and O–H groups in total. The lowest BCUT2D eigenvalue weighted by Crippen LogP contribution is -1.94. The van der Waals surface area contributed by atoms with Crippen LogP contribution in [0.4, 0.5) is 0 Å². The van der Waals surface area contributed by atoms with Crippen LogP contribution in [0, 0.1) is 0 Å². The van der Waals surface area contributed by atoms with Gasteiger partial charge in [-0.05, 0) is 300 Å². The molecule has 0 saturated heterocycles. The van der Waals surface area contributed by atoms with Crippen LogP contribution in [0.15, 0.2) is 461 Å². The number of aromatic nitrogens is 4. The second-order valence-electron chi connectivity index (χ2n) is 34.5. The number of hydrogen-bond donors (Lipinski definition) is 0. The zero-order chi connectivity index (χ0) is 83.8. The van der Waals surface area contributed by atoms with Gasteiger partial charge in [0.15, 0.2) is 0 Å². The van der Waals surface area contributed by atoms with Crippen molar-refractivity contribution in [2.75, 3.05) is 0 Å². The van der Waals surface area contributed by atoms with Gasteiger partial charge < -0.3 is 18.3 Å². The highest BCUT2D eigenvalue weighted by Gasteiger charge is 2.28. The molecule has 2 aliphatic carbocycles. The van der Waals surface area contributed by atoms with E-state index >= 15 is 0 Å². The number of hydrogen-bond acceptors (Lipinski definition) is 0. The highest BCUT2D eigenvalue weighted by Crippen LogP contribution is 2.54. The number of rotatable bonds is 10. The fraction of sp³-hybridized carbons (Fsp3) is 0. The van der Waals surface area contributed by atoms with Crippen molar-refractivity contribution >= 4 is 130 Å². The first-order chi connectivity index (χ1) is 63.5. The molecule has 28 rings (SSSR count). The van der Waals surface area contributed by atoms with Crippen molar-refractivity contribution in [2.24, 2.45) is 0 Å². The molecule has 0 bridgehead atoms. The molecule has 0 amide bonds. The highest BCUT2D eigenvalue weighted by molar-refractivity contribution is 6.26. The van der Waals surface area contributed by atoms with E-state index < -0.39 is 0 Å². The molecule has 128 heavy (non-hydrogen) atoms. The summed E-state index contributed by atoms with van der Waals surface area (Å²) in [5, 5.41) is 20.6. The van der Waals surface area contributed by atoms with E-state index in [2.05, 4.69) is 479 Å². The van der Waals surface area contributed by atoms with Crippen molar-refractivity contribution in [1.82, 2.24) is 18.3 Å². The topological polar surface area (TPSA) is 19.7 Å². The summed E-state index contributed by atoms with van der Waals surface area (Å²) in [5.41, 5.74) is 39.3. The van der Waals surface area contributed by atoms with Crippen LogP contribution in [0.1, 0.15) is 0 Å². The Hall–Kier alpha value is -16.9. The van der Waals surface area contributed by atoms with E-state index in [0.717, 1.165) is 22.7 Å². The Morgan fingerprint density at radius 1 is 0.109 bits per heavy atom. The molecule has 0 atom stereocenters. The third-order valence-electron chi connectivity index (χ3n) is 27.6. The Balaban J connectivity index is 0.000000132. The quantitative estimate of drug-likeness (QED) is 0.122. The van der Waals surface area contributed by atoms with Gasteiger partial charge >= 0.3 is 0 Å². The molecule has 592 valence electrons. The van der Waals surface area contributed by atoms with Gasteiger partial charge in [-0.25, -0.2) is 0 Å². The molecule has 2 aliphatic rings. The first-order valence-electron chi connectivity index (χ1n) is 44.3. The van der Waals surface area contributed by atoms with Crippen LogP contribution in [-0.4, -0.2) is 18.3 Å². The van der Waals surface area contributed by atoms with Crippen molar-refractivity contribution in [1.29, 1.82) is 0 Å². The van der Waals surface area contributed by atoms with Gasteiger partial charge in [0.2, 0.25) is 0 Å². The average Bonchev–Trinajstić information content (AvgIpc) is 1.53. The molecule has 0 saturated carbocycles. The average molecular weight is 1620 g/mol. The summed E-state index contributed by atoms with van der Waals surface area (Å²) in [6.45, 7) is 0. The van der Waals surface area contributed by atoms with E-state index in [9.17, 15) is 0 Å². The van der Waals surface area contributed by atoms with Crippen LogP contribution < -0.4 is 0 Å². The van der Waals surface area contributed by atoms with Crippen molar-refractivity contribution < 1.29 is 0 Å². The second-order valence-corrected chi connectivity index (χ2v) is 34.5. The van der Waals surface area contributed by atoms with E-state index in [-0.39, 0.29) is 0 Å². The lowest BCUT2D eigenvalue weighted by atomic mass is 9.95. The smallest absolute Gasteiger partial charge is 0.0541 e. The Morgan fingerprint density at radius 3 is 0.750 bits per heavy atom. The summed E-state index contributed by atoms with van der Waals surface area (Å²) in [4.78, 5) is 0. The Bertz CT molecular complexity index is 9190. The van der Waals surface area contributed by atoms with Gasteiger partial charge in [0.1, 0.15) is 0 Å². The molecule has 0 radical (unpaired) electrons. The van der Waals surface area contributed by atoms with Crippen molar-refractivity contribution in [2.45, 2.75) is 0 Å². The molecular formula is C124H76N4. The monoisotopic (exact) mass is 1620 g/mol. The molecule has 4 aromatic heterocycles. The summed E-state index contributed by atoms with van der Waals surface area (Å²) in [6, 6.07) is 170. The molecule has 0 spiro atoms. The highest BCUT2D eigenvalue weighted by atomic mass is 15.0. The minimum absolute atomic E-state index is 1.15. The summed E-state index contributed by atoms with van der Waals surface area (Å²) in [7, 11) is 0. The van der Waals surface area contributed by atoms with E-state index in [1.807, 2.05) is 0 Å². The fourth-order valence-electron chi connectivity index (χ4n) is 21.8. The summed E-state index contributed by atoms with van der Waals surface area (Å²) in [5.74, 6) is 0. The fourth-order valence-corrected chi connectivity index (χ4v) is 21.8. The van der Waals surface area contributed by atoms with Gasteiger partial charge in [-0.3, -0.25) is 0 Å². The number of benzene rings is 22. The maximum atomic E-state index is 2.44. The second kappa shape index (κ2) is 28.3. The summed E-state index contributed by atoms with van der Waals surface area (Å²) >= 11 is 0. The third kappa shape index (κ3) is 11.1. The Labute approximate surface area is 738 Å². The first kappa shape index (κ1) is 71.6. The van der Waals surface area contributed by atoms with Crippen LogP contribution in [0.2, 0.25) is 0 Å². The molecule has 22 aromatic carbocycles. The van der Waals surface area contributed by atoms with Crippen LogP contribution in [0.3, 0.4) is 0 Å². The van der Waals surface area contributed by atoms with Crippen LogP contribution >= 0.6 is 0 Å². The maximum absolute atomic E-state index is 2.44. The van der Waals surface area contributed by atoms with Gasteiger partial charge in [-0.2, -0.15) is 0 Å². The summed E-state index contributed by atoms with van der Waals surface area (Å²) in [6.07, 6.45) is 0. The zero-order valence-corrected chi connectivity index (χ0v) is 69.7. The summed E-state index contributed by atoms with van der Waals surface area (Å²) < 4.78 is 9.68. The van der Waals surface area contributed by atoms with Gasteiger partial charge in [0.05, 0.1) is 44.1 Å². The lowest BCUT2D eigenvalue weighted by molar-refractivity contribution is 1.18. The third-order valence-corrected chi connectivity index (χ3v) is 27.6. The zero-order valence-electron chi connectivity index (χ0n) is 69.7. The number of nitrogens with zero attached hydrogens (tertiary/aromatic N) is 4. The molecule has 0 aliphatic heterocycles. The van der Waals surface area contributed by atoms with Gasteiger partial charge in [0, 0.05) is 65.8 Å². The minimum Gasteiger partial charge on any atom is -0.309 e. The Kier molecular flexibility index (Phi) is 15.8. The normalized spacial score (nSPS) is 12.1. The van der Waals surface area contributed by atoms with Crippen LogP contribution in [0.5, 0.6) is 0 Å². The van der Waals surface area contributed by atoms with Crippen LogP contribution in [-0.2, 0) is 0 Å². The van der Waals surface area contributed by atoms with Gasteiger partial charge in [0.25, 0.3) is 0 Å². The molecule has 4 heteroatoms. The van der Waals surface area contributed by atoms with E-state index in [0.29, 0.717) is 0 Å². The molecule has 26 aromatic rings. The lowest BCUT2D eigenvalue weighted by Gasteiger charge is -2.12. The standard InChI is InChI=1S/2C62H38N2/c1-2-13-39(14-3-1)40-16-10-18-46(33-40)63-58-25-8-6-21-50(58)55-36-43(28-31-60(55)63)44-29-32-61-56(37-44)51-22-7-9-26-59(51)64(61)47-19-11-17-41(34-47)42-27-30-49-53-24-12-23-52-48-20-5-4-15-45(48)38-57(62(52)53)54(49)35-42;1-2-12-39(13-3-1)41-15-10-16-47(34-41)64-59-23-9-7-19-51(59)56-37-44(28-33-61(56)64)43-27-32-60-55(36-43)50-18-6-8-22-58(50)63(60)46-29-24-40(25-30-46)42-26-31-49-53-21-11-20-52-48-17-5-4-14-45(48)38-57(62(52)53)54(49)35-42/h2*1-38H. The maximum Gasteiger partial charge on any atom is 0.0541 e. The van der Waals surface area contributed by atoms with Crippen molar-refractivity contribution in [3.63, 3.8) is 0 Å². The minimum atomic E-state index is 1.15. The molecular weight excluding hydrogens is 1550 g/mol. The molecule has 4 nitrogen and oxygen atoms in total. The van der Waals surface area contributed by atoms with Crippen molar-refractivity contribution in [3.05, 3.63) is 461 Å². The van der Waals surface area contributed by atoms with Gasteiger partial charge in [-0.15, -0.1) is 0 Å². The van der Waals surface area contributed by atoms with E-state index in [4.69, 9.17) is 0 Å². The SMILES string of the molecule is c1ccc(-c2cccc(-n3c4ccccc4c4cc(-c5ccc6c(c5)c5ccccc5n6-c5ccc(-c6ccc7c(c6)-c6cc8ccccc8c8cccc-7c68)cc5)ccc43)c2)cc1.c1ccc(-c2cccc(-n3c4ccccc4c4cc(-c5ccc6c(c5)c5ccccc5n6-c5cccc(-c6ccc7c(c6)-c6cc8ccccc8c8cccc-7c68)c5)ccc43)c2)cc1.